The lowest BCUT2D eigenvalue weighted by Crippen LogP contribution is -2.52. The zero-order chi connectivity index (χ0) is 36.8. The molecule has 1 aliphatic carbocycles. The molecule has 3 aromatic heterocycles. The third-order valence-electron chi connectivity index (χ3n) is 9.69. The number of carbonyl (C=O) groups excluding carboxylic acids is 2. The summed E-state index contributed by atoms with van der Waals surface area (Å²) in [4.78, 5) is 32.4. The van der Waals surface area contributed by atoms with Crippen molar-refractivity contribution in [3.63, 3.8) is 0 Å². The Morgan fingerprint density at radius 1 is 1.10 bits per heavy atom. The number of halogens is 3. The number of fused-ring (bicyclic) bond motifs is 1. The summed E-state index contributed by atoms with van der Waals surface area (Å²) >= 11 is 0. The number of benzene rings is 1. The first-order valence-corrected chi connectivity index (χ1v) is 20.8. The summed E-state index contributed by atoms with van der Waals surface area (Å²) in [6, 6.07) is 4.25. The number of hydrogen-bond donors (Lipinski definition) is 2. The molecule has 6 rings (SSSR count). The van der Waals surface area contributed by atoms with E-state index in [1.165, 1.54) is 23.1 Å². The zero-order valence-electron chi connectivity index (χ0n) is 29.9. The van der Waals surface area contributed by atoms with Crippen LogP contribution in [0.4, 0.5) is 18.9 Å². The van der Waals surface area contributed by atoms with Crippen LogP contribution in [0.2, 0.25) is 25.7 Å². The van der Waals surface area contributed by atoms with E-state index in [-0.39, 0.29) is 47.8 Å². The molecule has 1 aromatic carbocycles. The van der Waals surface area contributed by atoms with E-state index in [4.69, 9.17) is 9.47 Å². The minimum atomic E-state index is -1.28. The zero-order valence-corrected chi connectivity index (χ0v) is 30.9. The summed E-state index contributed by atoms with van der Waals surface area (Å²) in [5.74, 6) is -4.82. The van der Waals surface area contributed by atoms with Gasteiger partial charge in [0.25, 0.3) is 5.91 Å². The van der Waals surface area contributed by atoms with Crippen molar-refractivity contribution in [3.8, 4) is 17.0 Å². The van der Waals surface area contributed by atoms with Crippen LogP contribution in [-0.2, 0) is 16.3 Å². The Morgan fingerprint density at radius 2 is 1.82 bits per heavy atom. The van der Waals surface area contributed by atoms with Crippen LogP contribution >= 0.6 is 0 Å². The fourth-order valence-corrected chi connectivity index (χ4v) is 7.48. The van der Waals surface area contributed by atoms with Crippen LogP contribution in [0.1, 0.15) is 66.1 Å². The van der Waals surface area contributed by atoms with Gasteiger partial charge < -0.3 is 20.1 Å². The van der Waals surface area contributed by atoms with Gasteiger partial charge in [-0.15, -0.1) is 0 Å². The molecule has 2 N–H and O–H groups in total. The van der Waals surface area contributed by atoms with Crippen LogP contribution in [-0.4, -0.2) is 63.7 Å². The summed E-state index contributed by atoms with van der Waals surface area (Å²) in [6.45, 7) is 15.1. The minimum absolute atomic E-state index is 0.0486. The standard InChI is InChI=1S/C36H44F3N7O4Si/c1-20(2)46-28(8-11-41-46)34(47)43-33(31-24-15-25(37)26(38)16-29(24)50-18-36(31)9-10-36)35(48)42-23-14-27(39)32(40-17-23)30-21(3)44-45(22(30)4)19-49-12-13-51(5,6)7/h8,11,14-17,20,31,33H,9-10,12-13,18-19H2,1-7H3,(H,42,48)(H,43,47)/t31?,33-/m0/s1. The van der Waals surface area contributed by atoms with E-state index in [0.29, 0.717) is 36.4 Å². The number of anilines is 1. The van der Waals surface area contributed by atoms with Gasteiger partial charge in [-0.25, -0.2) is 17.9 Å². The first-order chi connectivity index (χ1) is 24.1. The highest BCUT2D eigenvalue weighted by Gasteiger charge is 2.58. The van der Waals surface area contributed by atoms with Crippen molar-refractivity contribution < 1.29 is 32.2 Å². The summed E-state index contributed by atoms with van der Waals surface area (Å²) in [5.41, 5.74) is 1.77. The third kappa shape index (κ3) is 7.45. The Labute approximate surface area is 295 Å². The number of nitrogens with zero attached hydrogens (tertiary/aromatic N) is 5. The number of carbonyl (C=O) groups is 2. The van der Waals surface area contributed by atoms with Gasteiger partial charge in [0.2, 0.25) is 5.91 Å². The normalized spacial score (nSPS) is 16.9. The molecule has 1 aliphatic heterocycles. The fourth-order valence-electron chi connectivity index (χ4n) is 6.73. The molecule has 2 amide bonds. The van der Waals surface area contributed by atoms with Gasteiger partial charge in [-0.2, -0.15) is 10.2 Å². The average molecular weight is 724 g/mol. The number of hydrogen-bond acceptors (Lipinski definition) is 7. The maximum Gasteiger partial charge on any atom is 0.270 e. The molecule has 1 unspecified atom stereocenters. The smallest absolute Gasteiger partial charge is 0.270 e. The molecule has 4 aromatic rings. The van der Waals surface area contributed by atoms with Gasteiger partial charge in [0.1, 0.15) is 29.9 Å². The quantitative estimate of drug-likeness (QED) is 0.122. The molecule has 1 spiro atoms. The van der Waals surface area contributed by atoms with Gasteiger partial charge in [0, 0.05) is 67.2 Å². The SMILES string of the molecule is Cc1nn(COCC[Si](C)(C)C)c(C)c1-c1ncc(NC(=O)[C@@H](NC(=O)c2ccnn2C(C)C)C2c3cc(F)c(F)cc3OCC23CC3)cc1F. The predicted octanol–water partition coefficient (Wildman–Crippen LogP) is 6.76. The van der Waals surface area contributed by atoms with E-state index < -0.39 is 54.7 Å². The van der Waals surface area contributed by atoms with Crippen LogP contribution in [0.3, 0.4) is 0 Å². The highest BCUT2D eigenvalue weighted by molar-refractivity contribution is 6.76. The van der Waals surface area contributed by atoms with Crippen molar-refractivity contribution in [2.24, 2.45) is 5.41 Å². The maximum absolute atomic E-state index is 15.8. The van der Waals surface area contributed by atoms with Gasteiger partial charge in [0.15, 0.2) is 17.5 Å². The number of amides is 2. The molecule has 1 fully saturated rings. The molecule has 2 aliphatic rings. The highest BCUT2D eigenvalue weighted by atomic mass is 28.3. The minimum Gasteiger partial charge on any atom is -0.493 e. The summed E-state index contributed by atoms with van der Waals surface area (Å²) < 4.78 is 59.7. The van der Waals surface area contributed by atoms with Crippen LogP contribution in [0.25, 0.3) is 11.3 Å². The predicted molar refractivity (Wildman–Crippen MR) is 188 cm³/mol. The van der Waals surface area contributed by atoms with Crippen molar-refractivity contribution in [1.29, 1.82) is 0 Å². The summed E-state index contributed by atoms with van der Waals surface area (Å²) in [5, 5.41) is 14.4. The van der Waals surface area contributed by atoms with E-state index >= 15 is 4.39 Å². The fraction of sp³-hybridized carbons (Fsp3) is 0.472. The molecule has 0 radical (unpaired) electrons. The van der Waals surface area contributed by atoms with Gasteiger partial charge in [-0.05, 0) is 58.7 Å². The molecular formula is C36H44F3N7O4Si. The second-order valence-electron chi connectivity index (χ2n) is 15.1. The van der Waals surface area contributed by atoms with E-state index in [2.05, 4.69) is 45.5 Å². The Morgan fingerprint density at radius 3 is 2.49 bits per heavy atom. The Hall–Kier alpha value is -4.50. The molecule has 15 heteroatoms. The highest BCUT2D eigenvalue weighted by Crippen LogP contribution is 2.61. The topological polar surface area (TPSA) is 125 Å². The van der Waals surface area contributed by atoms with E-state index in [0.717, 1.165) is 24.2 Å². The van der Waals surface area contributed by atoms with Crippen molar-refractivity contribution >= 4 is 25.6 Å². The number of aryl methyl sites for hydroxylation is 1. The van der Waals surface area contributed by atoms with Crippen LogP contribution in [0.15, 0.2) is 36.7 Å². The van der Waals surface area contributed by atoms with Crippen molar-refractivity contribution in [3.05, 3.63) is 76.8 Å². The molecule has 0 saturated heterocycles. The lowest BCUT2D eigenvalue weighted by atomic mass is 9.75. The second kappa shape index (κ2) is 13.9. The van der Waals surface area contributed by atoms with Crippen LogP contribution in [0.5, 0.6) is 5.75 Å². The average Bonchev–Trinajstić information content (AvgIpc) is 3.52. The Balaban J connectivity index is 1.29. The van der Waals surface area contributed by atoms with Crippen molar-refractivity contribution in [1.82, 2.24) is 29.9 Å². The molecule has 11 nitrogen and oxygen atoms in total. The first kappa shape index (κ1) is 36.3. The monoisotopic (exact) mass is 723 g/mol. The van der Waals surface area contributed by atoms with Crippen LogP contribution in [0, 0.1) is 36.7 Å². The molecule has 272 valence electrons. The number of pyridine rings is 1. The van der Waals surface area contributed by atoms with E-state index in [9.17, 15) is 18.4 Å². The van der Waals surface area contributed by atoms with Gasteiger partial charge in [-0.1, -0.05) is 19.6 Å². The first-order valence-electron chi connectivity index (χ1n) is 17.1. The lowest BCUT2D eigenvalue weighted by Gasteiger charge is -2.38. The largest absolute Gasteiger partial charge is 0.493 e. The number of aromatic nitrogens is 5. The molecular weight excluding hydrogens is 680 g/mol. The lowest BCUT2D eigenvalue weighted by molar-refractivity contribution is -0.119. The molecule has 1 saturated carbocycles. The van der Waals surface area contributed by atoms with Gasteiger partial charge in [0.05, 0.1) is 24.2 Å². The molecule has 4 heterocycles. The van der Waals surface area contributed by atoms with Gasteiger partial charge >= 0.3 is 0 Å². The van der Waals surface area contributed by atoms with Crippen molar-refractivity contribution in [2.45, 2.75) is 91.0 Å². The Kier molecular flexibility index (Phi) is 9.89. The summed E-state index contributed by atoms with van der Waals surface area (Å²) in [7, 11) is -1.26. The Bertz CT molecular complexity index is 1970. The van der Waals surface area contributed by atoms with E-state index in [1.54, 1.807) is 11.6 Å². The third-order valence-corrected chi connectivity index (χ3v) is 11.4. The second-order valence-corrected chi connectivity index (χ2v) is 20.7. The summed E-state index contributed by atoms with van der Waals surface area (Å²) in [6.07, 6.45) is 4.10. The molecule has 0 bridgehead atoms. The number of ether oxygens (including phenoxy) is 2. The molecule has 51 heavy (non-hydrogen) atoms. The number of nitrogens with one attached hydrogen (secondary N) is 2. The number of rotatable bonds is 12. The van der Waals surface area contributed by atoms with Gasteiger partial charge in [-0.3, -0.25) is 19.3 Å². The van der Waals surface area contributed by atoms with Crippen molar-refractivity contribution in [2.75, 3.05) is 18.5 Å². The van der Waals surface area contributed by atoms with Crippen LogP contribution < -0.4 is 15.4 Å². The molecule has 2 atom stereocenters. The van der Waals surface area contributed by atoms with E-state index in [1.807, 2.05) is 20.8 Å². The maximum atomic E-state index is 15.8.